The maximum atomic E-state index is 13.0. The summed E-state index contributed by atoms with van der Waals surface area (Å²) in [6, 6.07) is 18.3. The van der Waals surface area contributed by atoms with Crippen molar-refractivity contribution in [2.45, 2.75) is 38.0 Å². The molecule has 1 aliphatic rings. The molecule has 0 atom stereocenters. The zero-order valence-corrected chi connectivity index (χ0v) is 17.8. The number of carbonyl (C=O) groups is 1. The van der Waals surface area contributed by atoms with Crippen molar-refractivity contribution in [1.29, 1.82) is 0 Å². The standard InChI is InChI=1S/C23H24N2O4S/c1-16(2)29-15-19-8-4-3-7-18(19)13-24-22(26)14-25-20-11-5-9-17-10-6-12-21(23(17)20)30(25,27)28/h3-12,16H,13-15H2,1-2H3,(H,24,26). The summed E-state index contributed by atoms with van der Waals surface area (Å²) < 4.78 is 32.9. The average Bonchev–Trinajstić information content (AvgIpc) is 2.94. The van der Waals surface area contributed by atoms with Crippen LogP contribution in [0.5, 0.6) is 0 Å². The highest BCUT2D eigenvalue weighted by Gasteiger charge is 2.36. The molecule has 30 heavy (non-hydrogen) atoms. The van der Waals surface area contributed by atoms with Crippen molar-refractivity contribution >= 4 is 32.4 Å². The maximum absolute atomic E-state index is 13.0. The van der Waals surface area contributed by atoms with Crippen LogP contribution in [0.25, 0.3) is 10.8 Å². The number of carbonyl (C=O) groups excluding carboxylic acids is 1. The number of benzene rings is 3. The van der Waals surface area contributed by atoms with Gasteiger partial charge in [-0.3, -0.25) is 9.10 Å². The SMILES string of the molecule is CC(C)OCc1ccccc1CNC(=O)CN1c2cccc3cccc(c23)S1(=O)=O. The fourth-order valence-electron chi connectivity index (χ4n) is 3.64. The molecule has 0 aromatic heterocycles. The molecule has 0 bridgehead atoms. The molecule has 1 aliphatic heterocycles. The molecular formula is C23H24N2O4S. The van der Waals surface area contributed by atoms with E-state index >= 15 is 0 Å². The molecule has 1 heterocycles. The highest BCUT2D eigenvalue weighted by molar-refractivity contribution is 7.93. The van der Waals surface area contributed by atoms with Crippen LogP contribution in [0, 0.1) is 0 Å². The van der Waals surface area contributed by atoms with E-state index in [9.17, 15) is 13.2 Å². The van der Waals surface area contributed by atoms with Crippen LogP contribution in [0.1, 0.15) is 25.0 Å². The molecule has 156 valence electrons. The van der Waals surface area contributed by atoms with E-state index in [-0.39, 0.29) is 23.5 Å². The van der Waals surface area contributed by atoms with Gasteiger partial charge in [0.1, 0.15) is 6.54 Å². The smallest absolute Gasteiger partial charge is 0.265 e. The fraction of sp³-hybridized carbons (Fsp3) is 0.261. The molecule has 7 heteroatoms. The Hall–Kier alpha value is -2.90. The van der Waals surface area contributed by atoms with E-state index in [4.69, 9.17) is 4.74 Å². The lowest BCUT2D eigenvalue weighted by Crippen LogP contribution is -2.38. The Kier molecular flexibility index (Phi) is 5.49. The molecule has 4 rings (SSSR count). The van der Waals surface area contributed by atoms with Crippen LogP contribution in [0.3, 0.4) is 0 Å². The van der Waals surface area contributed by atoms with Gasteiger partial charge in [-0.2, -0.15) is 0 Å². The van der Waals surface area contributed by atoms with Crippen molar-refractivity contribution < 1.29 is 17.9 Å². The third-order valence-electron chi connectivity index (χ3n) is 5.13. The van der Waals surface area contributed by atoms with Crippen molar-refractivity contribution in [3.63, 3.8) is 0 Å². The Labute approximate surface area is 176 Å². The van der Waals surface area contributed by atoms with Gasteiger partial charge < -0.3 is 10.1 Å². The van der Waals surface area contributed by atoms with E-state index in [0.717, 1.165) is 16.5 Å². The minimum absolute atomic E-state index is 0.109. The molecule has 0 unspecified atom stereocenters. The summed E-state index contributed by atoms with van der Waals surface area (Å²) in [4.78, 5) is 12.9. The summed E-state index contributed by atoms with van der Waals surface area (Å²) in [5.41, 5.74) is 2.49. The lowest BCUT2D eigenvalue weighted by molar-refractivity contribution is -0.119. The Morgan fingerprint density at radius 1 is 1.00 bits per heavy atom. The molecule has 1 N–H and O–H groups in total. The molecule has 0 radical (unpaired) electrons. The van der Waals surface area contributed by atoms with E-state index in [1.54, 1.807) is 24.3 Å². The van der Waals surface area contributed by atoms with Crippen LogP contribution in [-0.4, -0.2) is 27.0 Å². The predicted octanol–water partition coefficient (Wildman–Crippen LogP) is 3.59. The summed E-state index contributed by atoms with van der Waals surface area (Å²) >= 11 is 0. The molecule has 1 amide bonds. The minimum atomic E-state index is -3.75. The first-order chi connectivity index (χ1) is 14.4. The first kappa shape index (κ1) is 20.4. The largest absolute Gasteiger partial charge is 0.374 e. The quantitative estimate of drug-likeness (QED) is 0.629. The number of nitrogens with one attached hydrogen (secondary N) is 1. The minimum Gasteiger partial charge on any atom is -0.374 e. The van der Waals surface area contributed by atoms with Gasteiger partial charge in [-0.15, -0.1) is 0 Å². The molecule has 0 spiro atoms. The van der Waals surface area contributed by atoms with Gasteiger partial charge in [0.15, 0.2) is 0 Å². The summed E-state index contributed by atoms with van der Waals surface area (Å²) in [6.45, 7) is 4.45. The Balaban J connectivity index is 1.49. The molecule has 3 aromatic carbocycles. The third-order valence-corrected chi connectivity index (χ3v) is 6.94. The number of anilines is 1. The Morgan fingerprint density at radius 3 is 2.43 bits per heavy atom. The first-order valence-electron chi connectivity index (χ1n) is 9.87. The van der Waals surface area contributed by atoms with Gasteiger partial charge in [0, 0.05) is 11.9 Å². The van der Waals surface area contributed by atoms with Crippen LogP contribution in [0.15, 0.2) is 65.6 Å². The van der Waals surface area contributed by atoms with Gasteiger partial charge in [0.2, 0.25) is 5.91 Å². The van der Waals surface area contributed by atoms with Crippen molar-refractivity contribution in [3.05, 3.63) is 71.8 Å². The number of hydrogen-bond acceptors (Lipinski definition) is 4. The van der Waals surface area contributed by atoms with Crippen molar-refractivity contribution in [2.75, 3.05) is 10.8 Å². The molecule has 3 aromatic rings. The van der Waals surface area contributed by atoms with Crippen LogP contribution in [0.2, 0.25) is 0 Å². The van der Waals surface area contributed by atoms with Gasteiger partial charge in [-0.1, -0.05) is 48.5 Å². The number of rotatable bonds is 7. The summed E-state index contributed by atoms with van der Waals surface area (Å²) in [5, 5.41) is 4.36. The van der Waals surface area contributed by atoms with Gasteiger partial charge in [-0.25, -0.2) is 8.42 Å². The van der Waals surface area contributed by atoms with E-state index in [0.29, 0.717) is 24.2 Å². The van der Waals surface area contributed by atoms with Crippen molar-refractivity contribution in [3.8, 4) is 0 Å². The van der Waals surface area contributed by atoms with E-state index in [1.165, 1.54) is 4.31 Å². The van der Waals surface area contributed by atoms with Gasteiger partial charge in [0.05, 0.1) is 23.3 Å². The summed E-state index contributed by atoms with van der Waals surface area (Å²) in [6.07, 6.45) is 0.109. The van der Waals surface area contributed by atoms with Crippen LogP contribution >= 0.6 is 0 Å². The third kappa shape index (κ3) is 3.78. The molecule has 0 fully saturated rings. The van der Waals surface area contributed by atoms with E-state index in [2.05, 4.69) is 5.32 Å². The predicted molar refractivity (Wildman–Crippen MR) is 117 cm³/mol. The maximum Gasteiger partial charge on any atom is 0.265 e. The molecule has 0 saturated heterocycles. The van der Waals surface area contributed by atoms with Crippen LogP contribution in [-0.2, 0) is 32.7 Å². The summed E-state index contributed by atoms with van der Waals surface area (Å²) in [7, 11) is -3.75. The van der Waals surface area contributed by atoms with E-state index in [1.807, 2.05) is 50.2 Å². The van der Waals surface area contributed by atoms with Gasteiger partial charge in [-0.05, 0) is 42.5 Å². The highest BCUT2D eigenvalue weighted by atomic mass is 32.2. The average molecular weight is 425 g/mol. The first-order valence-corrected chi connectivity index (χ1v) is 11.3. The van der Waals surface area contributed by atoms with E-state index < -0.39 is 10.0 Å². The Morgan fingerprint density at radius 2 is 1.70 bits per heavy atom. The highest BCUT2D eigenvalue weighted by Crippen LogP contribution is 2.41. The van der Waals surface area contributed by atoms with Crippen molar-refractivity contribution in [2.24, 2.45) is 0 Å². The monoisotopic (exact) mass is 424 g/mol. The normalized spacial score (nSPS) is 14.4. The number of hydrogen-bond donors (Lipinski definition) is 1. The topological polar surface area (TPSA) is 75.7 Å². The van der Waals surface area contributed by atoms with Crippen LogP contribution < -0.4 is 9.62 Å². The number of amides is 1. The van der Waals surface area contributed by atoms with Gasteiger partial charge >= 0.3 is 0 Å². The zero-order valence-electron chi connectivity index (χ0n) is 17.0. The Bertz CT molecular complexity index is 1200. The molecule has 0 saturated carbocycles. The molecule has 0 aliphatic carbocycles. The lowest BCUT2D eigenvalue weighted by Gasteiger charge is -2.19. The number of nitrogens with zero attached hydrogens (tertiary/aromatic N) is 1. The van der Waals surface area contributed by atoms with Crippen LogP contribution in [0.4, 0.5) is 5.69 Å². The van der Waals surface area contributed by atoms with Crippen molar-refractivity contribution in [1.82, 2.24) is 5.32 Å². The second kappa shape index (κ2) is 8.08. The number of sulfonamides is 1. The second-order valence-electron chi connectivity index (χ2n) is 7.55. The summed E-state index contributed by atoms with van der Waals surface area (Å²) in [5.74, 6) is -0.358. The number of ether oxygens (including phenoxy) is 1. The van der Waals surface area contributed by atoms with Gasteiger partial charge in [0.25, 0.3) is 10.0 Å². The molecule has 6 nitrogen and oxygen atoms in total. The zero-order chi connectivity index (χ0) is 21.3. The molecular weight excluding hydrogens is 400 g/mol. The second-order valence-corrected chi connectivity index (χ2v) is 9.38. The fourth-order valence-corrected chi connectivity index (χ4v) is 5.30. The lowest BCUT2D eigenvalue weighted by atomic mass is 10.1.